The number of benzene rings is 2. The van der Waals surface area contributed by atoms with E-state index in [2.05, 4.69) is 26.6 Å². The summed E-state index contributed by atoms with van der Waals surface area (Å²) in [5, 5.41) is 5.11. The summed E-state index contributed by atoms with van der Waals surface area (Å²) < 4.78 is 5.82. The number of rotatable bonds is 4. The van der Waals surface area contributed by atoms with E-state index in [1.54, 1.807) is 31.4 Å². The van der Waals surface area contributed by atoms with E-state index >= 15 is 0 Å². The normalized spacial score (nSPS) is 9.91. The lowest BCUT2D eigenvalue weighted by Crippen LogP contribution is -2.35. The van der Waals surface area contributed by atoms with Crippen LogP contribution in [0.1, 0.15) is 5.56 Å². The first kappa shape index (κ1) is 16.0. The van der Waals surface area contributed by atoms with Gasteiger partial charge in [0.05, 0.1) is 12.8 Å². The van der Waals surface area contributed by atoms with Crippen molar-refractivity contribution in [1.82, 2.24) is 5.32 Å². The van der Waals surface area contributed by atoms with Crippen molar-refractivity contribution >= 4 is 33.4 Å². The molecule has 2 aromatic rings. The summed E-state index contributed by atoms with van der Waals surface area (Å²) in [6.07, 6.45) is 0. The van der Waals surface area contributed by atoms with Gasteiger partial charge in [-0.25, -0.2) is 0 Å². The van der Waals surface area contributed by atoms with Crippen LogP contribution >= 0.6 is 15.9 Å². The maximum atomic E-state index is 11.8. The quantitative estimate of drug-likeness (QED) is 0.821. The van der Waals surface area contributed by atoms with E-state index in [-0.39, 0.29) is 6.54 Å². The predicted octanol–water partition coefficient (Wildman–Crippen LogP) is 2.71. The molecule has 0 spiro atoms. The zero-order valence-electron chi connectivity index (χ0n) is 11.9. The molecule has 0 aliphatic heterocycles. The van der Waals surface area contributed by atoms with Crippen molar-refractivity contribution in [1.29, 1.82) is 0 Å². The van der Waals surface area contributed by atoms with Crippen LogP contribution in [0.3, 0.4) is 0 Å². The fraction of sp³-hybridized carbons (Fsp3) is 0.125. The molecule has 0 aromatic heterocycles. The molecule has 0 saturated carbocycles. The smallest absolute Gasteiger partial charge is 0.313 e. The minimum absolute atomic E-state index is 0.249. The van der Waals surface area contributed by atoms with Gasteiger partial charge in [-0.2, -0.15) is 0 Å². The average molecular weight is 363 g/mol. The summed E-state index contributed by atoms with van der Waals surface area (Å²) in [5.41, 5.74) is 1.39. The van der Waals surface area contributed by atoms with Gasteiger partial charge in [0.25, 0.3) is 0 Å². The van der Waals surface area contributed by atoms with Gasteiger partial charge in [-0.05, 0) is 45.8 Å². The predicted molar refractivity (Wildman–Crippen MR) is 87.6 cm³/mol. The molecule has 2 amide bonds. The number of methoxy groups -OCH3 is 1. The van der Waals surface area contributed by atoms with Crippen molar-refractivity contribution in [2.45, 2.75) is 6.54 Å². The highest BCUT2D eigenvalue weighted by Gasteiger charge is 2.14. The van der Waals surface area contributed by atoms with Crippen molar-refractivity contribution in [3.8, 4) is 5.75 Å². The molecule has 0 radical (unpaired) electrons. The monoisotopic (exact) mass is 362 g/mol. The first-order valence-electron chi connectivity index (χ1n) is 6.57. The Balaban J connectivity index is 1.91. The Morgan fingerprint density at radius 3 is 2.59 bits per heavy atom. The molecule has 0 aliphatic rings. The third-order valence-corrected chi connectivity index (χ3v) is 3.61. The maximum Gasteiger partial charge on any atom is 0.313 e. The van der Waals surface area contributed by atoms with Crippen LogP contribution in [-0.4, -0.2) is 18.9 Å². The molecule has 0 saturated heterocycles. The lowest BCUT2D eigenvalue weighted by molar-refractivity contribution is -0.136. The highest BCUT2D eigenvalue weighted by Crippen LogP contribution is 2.20. The lowest BCUT2D eigenvalue weighted by Gasteiger charge is -2.08. The molecule has 5 nitrogen and oxygen atoms in total. The summed E-state index contributed by atoms with van der Waals surface area (Å²) in [7, 11) is 1.57. The van der Waals surface area contributed by atoms with E-state index in [1.165, 1.54) is 0 Å². The van der Waals surface area contributed by atoms with Gasteiger partial charge >= 0.3 is 11.8 Å². The molecule has 2 N–H and O–H groups in total. The third kappa shape index (κ3) is 4.33. The van der Waals surface area contributed by atoms with E-state index in [4.69, 9.17) is 4.74 Å². The van der Waals surface area contributed by atoms with Gasteiger partial charge in [0.2, 0.25) is 0 Å². The number of carbonyl (C=O) groups excluding carboxylic acids is 2. The van der Waals surface area contributed by atoms with Crippen molar-refractivity contribution in [3.05, 3.63) is 58.6 Å². The number of anilines is 1. The van der Waals surface area contributed by atoms with E-state index < -0.39 is 11.8 Å². The van der Waals surface area contributed by atoms with Crippen molar-refractivity contribution in [3.63, 3.8) is 0 Å². The van der Waals surface area contributed by atoms with Gasteiger partial charge in [-0.1, -0.05) is 24.3 Å². The first-order valence-corrected chi connectivity index (χ1v) is 7.36. The second-order valence-electron chi connectivity index (χ2n) is 4.47. The fourth-order valence-electron chi connectivity index (χ4n) is 1.79. The Hall–Kier alpha value is -2.34. The minimum Gasteiger partial charge on any atom is -0.497 e. The zero-order chi connectivity index (χ0) is 15.9. The van der Waals surface area contributed by atoms with Crippen LogP contribution in [0.2, 0.25) is 0 Å². The van der Waals surface area contributed by atoms with E-state index in [9.17, 15) is 9.59 Å². The second kappa shape index (κ2) is 7.61. The molecular formula is C16H15BrN2O3. The zero-order valence-corrected chi connectivity index (χ0v) is 13.5. The molecule has 114 valence electrons. The molecule has 0 bridgehead atoms. The molecule has 2 aromatic carbocycles. The van der Waals surface area contributed by atoms with Crippen LogP contribution in [0.25, 0.3) is 0 Å². The highest BCUT2D eigenvalue weighted by atomic mass is 79.9. The summed E-state index contributed by atoms with van der Waals surface area (Å²) in [6, 6.07) is 14.4. The number of para-hydroxylation sites is 1. The number of amides is 2. The molecule has 6 heteroatoms. The highest BCUT2D eigenvalue weighted by molar-refractivity contribution is 9.10. The summed E-state index contributed by atoms with van der Waals surface area (Å²) in [4.78, 5) is 23.7. The van der Waals surface area contributed by atoms with Gasteiger partial charge in [0, 0.05) is 11.0 Å². The first-order chi connectivity index (χ1) is 10.6. The van der Waals surface area contributed by atoms with Crippen molar-refractivity contribution < 1.29 is 14.3 Å². The number of carbonyl (C=O) groups is 2. The van der Waals surface area contributed by atoms with Crippen LogP contribution < -0.4 is 15.4 Å². The number of hydrogen-bond acceptors (Lipinski definition) is 3. The molecule has 22 heavy (non-hydrogen) atoms. The van der Waals surface area contributed by atoms with E-state index in [0.717, 1.165) is 5.56 Å². The fourth-order valence-corrected chi connectivity index (χ4v) is 2.17. The van der Waals surface area contributed by atoms with Crippen molar-refractivity contribution in [2.75, 3.05) is 12.4 Å². The van der Waals surface area contributed by atoms with E-state index in [0.29, 0.717) is 15.9 Å². The summed E-state index contributed by atoms with van der Waals surface area (Å²) in [6.45, 7) is 0.249. The summed E-state index contributed by atoms with van der Waals surface area (Å²) in [5.74, 6) is -0.710. The Labute approximate surface area is 136 Å². The molecule has 0 heterocycles. The number of nitrogens with one attached hydrogen (secondary N) is 2. The standard InChI is InChI=1S/C16H15BrN2O3/c1-22-12-6-4-5-11(9-12)10-18-15(20)16(21)19-14-8-3-2-7-13(14)17/h2-9H,10H2,1H3,(H,18,20)(H,19,21). The molecule has 2 rings (SSSR count). The Kier molecular flexibility index (Phi) is 5.55. The lowest BCUT2D eigenvalue weighted by atomic mass is 10.2. The largest absolute Gasteiger partial charge is 0.497 e. The van der Waals surface area contributed by atoms with Crippen LogP contribution in [0.15, 0.2) is 53.0 Å². The third-order valence-electron chi connectivity index (χ3n) is 2.92. The number of halogens is 1. The van der Waals surface area contributed by atoms with Gasteiger partial charge < -0.3 is 15.4 Å². The topological polar surface area (TPSA) is 67.4 Å². The van der Waals surface area contributed by atoms with Gasteiger partial charge in [-0.15, -0.1) is 0 Å². The van der Waals surface area contributed by atoms with Gasteiger partial charge in [-0.3, -0.25) is 9.59 Å². The van der Waals surface area contributed by atoms with Crippen LogP contribution in [0.4, 0.5) is 5.69 Å². The van der Waals surface area contributed by atoms with Crippen LogP contribution in [0, 0.1) is 0 Å². The molecule has 0 fully saturated rings. The minimum atomic E-state index is -0.713. The van der Waals surface area contributed by atoms with E-state index in [1.807, 2.05) is 24.3 Å². The van der Waals surface area contributed by atoms with Gasteiger partial charge in [0.15, 0.2) is 0 Å². The molecule has 0 aliphatic carbocycles. The Morgan fingerprint density at radius 2 is 1.86 bits per heavy atom. The number of hydrogen-bond donors (Lipinski definition) is 2. The number of ether oxygens (including phenoxy) is 1. The Morgan fingerprint density at radius 1 is 1.09 bits per heavy atom. The summed E-state index contributed by atoms with van der Waals surface area (Å²) >= 11 is 3.31. The SMILES string of the molecule is COc1cccc(CNC(=O)C(=O)Nc2ccccc2Br)c1. The van der Waals surface area contributed by atoms with Crippen molar-refractivity contribution in [2.24, 2.45) is 0 Å². The van der Waals surface area contributed by atoms with Crippen LogP contribution in [0.5, 0.6) is 5.75 Å². The second-order valence-corrected chi connectivity index (χ2v) is 5.32. The maximum absolute atomic E-state index is 11.8. The van der Waals surface area contributed by atoms with Gasteiger partial charge in [0.1, 0.15) is 5.75 Å². The Bertz CT molecular complexity index is 689. The molecule has 0 unspecified atom stereocenters. The van der Waals surface area contributed by atoms with Crippen LogP contribution in [-0.2, 0) is 16.1 Å². The molecule has 0 atom stereocenters. The average Bonchev–Trinajstić information content (AvgIpc) is 2.54. The molecular weight excluding hydrogens is 348 g/mol.